The minimum atomic E-state index is 0.118. The summed E-state index contributed by atoms with van der Waals surface area (Å²) < 4.78 is 0. The number of hydrogen-bond acceptors (Lipinski definition) is 3. The summed E-state index contributed by atoms with van der Waals surface area (Å²) in [5.41, 5.74) is 2.40. The molecular weight excluding hydrogens is 240 g/mol. The van der Waals surface area contributed by atoms with E-state index in [9.17, 15) is 4.79 Å². The number of aliphatic hydroxyl groups is 1. The number of para-hydroxylation sites is 1. The molecule has 0 radical (unpaired) electrons. The van der Waals surface area contributed by atoms with Crippen molar-refractivity contribution >= 4 is 11.6 Å². The van der Waals surface area contributed by atoms with Gasteiger partial charge in [-0.3, -0.25) is 4.79 Å². The van der Waals surface area contributed by atoms with E-state index in [4.69, 9.17) is 5.11 Å². The molecule has 1 amide bonds. The summed E-state index contributed by atoms with van der Waals surface area (Å²) in [7, 11) is 0. The van der Waals surface area contributed by atoms with Gasteiger partial charge in [-0.05, 0) is 30.9 Å². The first kappa shape index (κ1) is 13.9. The highest BCUT2D eigenvalue weighted by atomic mass is 16.2. The lowest BCUT2D eigenvalue weighted by Gasteiger charge is -2.10. The molecule has 0 fully saturated rings. The second kappa shape index (κ2) is 7.14. The van der Waals surface area contributed by atoms with E-state index in [-0.39, 0.29) is 18.4 Å². The predicted molar refractivity (Wildman–Crippen MR) is 76.2 cm³/mol. The van der Waals surface area contributed by atoms with Crippen molar-refractivity contribution in [1.82, 2.24) is 5.32 Å². The number of carbonyl (C=O) groups is 1. The van der Waals surface area contributed by atoms with Crippen LogP contribution in [0.1, 0.15) is 37.2 Å². The Hall–Kier alpha value is -1.55. The highest BCUT2D eigenvalue weighted by Gasteiger charge is 2.23. The van der Waals surface area contributed by atoms with Gasteiger partial charge >= 0.3 is 0 Å². The van der Waals surface area contributed by atoms with Crippen molar-refractivity contribution in [3.63, 3.8) is 0 Å². The molecule has 1 aromatic carbocycles. The van der Waals surface area contributed by atoms with Crippen molar-refractivity contribution in [3.05, 3.63) is 29.8 Å². The molecule has 1 aliphatic rings. The number of fused-ring (bicyclic) bond motifs is 1. The average Bonchev–Trinajstić information content (AvgIpc) is 2.82. The molecule has 0 saturated heterocycles. The van der Waals surface area contributed by atoms with E-state index in [0.29, 0.717) is 13.0 Å². The Kier molecular flexibility index (Phi) is 5.21. The third-order valence-corrected chi connectivity index (χ3v) is 3.53. The fraction of sp³-hybridized carbons (Fsp3) is 0.533. The maximum Gasteiger partial charge on any atom is 0.220 e. The molecule has 4 nitrogen and oxygen atoms in total. The summed E-state index contributed by atoms with van der Waals surface area (Å²) >= 11 is 0. The number of nitrogens with one attached hydrogen (secondary N) is 2. The molecule has 1 unspecified atom stereocenters. The van der Waals surface area contributed by atoms with Gasteiger partial charge in [0.1, 0.15) is 0 Å². The van der Waals surface area contributed by atoms with Gasteiger partial charge in [0.25, 0.3) is 0 Å². The number of amides is 1. The smallest absolute Gasteiger partial charge is 0.220 e. The Balaban J connectivity index is 1.72. The number of aliphatic hydroxyl groups excluding tert-OH is 1. The Labute approximate surface area is 114 Å². The quantitative estimate of drug-likeness (QED) is 0.657. The lowest BCUT2D eigenvalue weighted by molar-refractivity contribution is -0.121. The van der Waals surface area contributed by atoms with Crippen LogP contribution in [-0.4, -0.2) is 30.7 Å². The second-order valence-electron chi connectivity index (χ2n) is 5.00. The monoisotopic (exact) mass is 262 g/mol. The van der Waals surface area contributed by atoms with Crippen LogP contribution in [0.3, 0.4) is 0 Å². The van der Waals surface area contributed by atoms with E-state index in [2.05, 4.69) is 22.8 Å². The zero-order chi connectivity index (χ0) is 13.5. The van der Waals surface area contributed by atoms with Gasteiger partial charge in [-0.2, -0.15) is 0 Å². The second-order valence-corrected chi connectivity index (χ2v) is 5.00. The molecule has 104 valence electrons. The van der Waals surface area contributed by atoms with E-state index >= 15 is 0 Å². The lowest BCUT2D eigenvalue weighted by Crippen LogP contribution is -2.26. The number of benzene rings is 1. The van der Waals surface area contributed by atoms with Crippen molar-refractivity contribution in [2.45, 2.75) is 31.6 Å². The molecule has 19 heavy (non-hydrogen) atoms. The third-order valence-electron chi connectivity index (χ3n) is 3.53. The van der Waals surface area contributed by atoms with Crippen molar-refractivity contribution in [2.24, 2.45) is 0 Å². The SMILES string of the molecule is O=C(CC1CNc2ccccc21)NCCCCCO. The van der Waals surface area contributed by atoms with Gasteiger partial charge in [-0.1, -0.05) is 18.2 Å². The highest BCUT2D eigenvalue weighted by molar-refractivity contribution is 5.78. The molecule has 0 spiro atoms. The normalized spacial score (nSPS) is 16.8. The van der Waals surface area contributed by atoms with Crippen molar-refractivity contribution < 1.29 is 9.90 Å². The Bertz CT molecular complexity index is 420. The lowest BCUT2D eigenvalue weighted by atomic mass is 9.97. The van der Waals surface area contributed by atoms with E-state index in [1.807, 2.05) is 12.1 Å². The summed E-state index contributed by atoms with van der Waals surface area (Å²) in [6.07, 6.45) is 3.26. The first-order valence-corrected chi connectivity index (χ1v) is 7.01. The van der Waals surface area contributed by atoms with Gasteiger partial charge in [-0.15, -0.1) is 0 Å². The predicted octanol–water partition coefficient (Wildman–Crippen LogP) is 1.86. The standard InChI is InChI=1S/C15H22N2O2/c18-9-5-1-4-8-16-15(19)10-12-11-17-14-7-3-2-6-13(12)14/h2-3,6-7,12,17-18H,1,4-5,8-11H2,(H,16,19). The van der Waals surface area contributed by atoms with Gasteiger partial charge in [0, 0.05) is 37.7 Å². The maximum atomic E-state index is 11.9. The summed E-state index contributed by atoms with van der Waals surface area (Å²) in [6.45, 7) is 1.79. The van der Waals surface area contributed by atoms with E-state index in [1.165, 1.54) is 5.56 Å². The number of rotatable bonds is 7. The summed E-state index contributed by atoms with van der Waals surface area (Å²) in [4.78, 5) is 11.9. The Morgan fingerprint density at radius 3 is 3.00 bits per heavy atom. The fourth-order valence-electron chi connectivity index (χ4n) is 2.48. The van der Waals surface area contributed by atoms with Gasteiger partial charge in [-0.25, -0.2) is 0 Å². The number of anilines is 1. The fourth-order valence-corrected chi connectivity index (χ4v) is 2.48. The number of hydrogen-bond donors (Lipinski definition) is 3. The van der Waals surface area contributed by atoms with Crippen LogP contribution in [0.25, 0.3) is 0 Å². The molecule has 2 rings (SSSR count). The molecule has 0 saturated carbocycles. The van der Waals surface area contributed by atoms with Crippen LogP contribution in [0.5, 0.6) is 0 Å². The highest BCUT2D eigenvalue weighted by Crippen LogP contribution is 2.32. The Morgan fingerprint density at radius 1 is 1.32 bits per heavy atom. The van der Waals surface area contributed by atoms with Gasteiger partial charge in [0.15, 0.2) is 0 Å². The summed E-state index contributed by atoms with van der Waals surface area (Å²) in [5, 5.41) is 14.9. The van der Waals surface area contributed by atoms with Crippen molar-refractivity contribution in [1.29, 1.82) is 0 Å². The van der Waals surface area contributed by atoms with E-state index in [1.54, 1.807) is 0 Å². The largest absolute Gasteiger partial charge is 0.396 e. The zero-order valence-corrected chi connectivity index (χ0v) is 11.2. The van der Waals surface area contributed by atoms with Crippen LogP contribution in [-0.2, 0) is 4.79 Å². The van der Waals surface area contributed by atoms with Gasteiger partial charge in [0.2, 0.25) is 5.91 Å². The topological polar surface area (TPSA) is 61.4 Å². The van der Waals surface area contributed by atoms with E-state index in [0.717, 1.165) is 31.5 Å². The van der Waals surface area contributed by atoms with Crippen molar-refractivity contribution in [2.75, 3.05) is 25.0 Å². The van der Waals surface area contributed by atoms with Crippen LogP contribution >= 0.6 is 0 Å². The molecule has 1 heterocycles. The molecule has 4 heteroatoms. The number of unbranched alkanes of at least 4 members (excludes halogenated alkanes) is 2. The molecule has 1 aromatic rings. The molecule has 3 N–H and O–H groups in total. The van der Waals surface area contributed by atoms with E-state index < -0.39 is 0 Å². The molecule has 1 atom stereocenters. The Morgan fingerprint density at radius 2 is 2.16 bits per heavy atom. The molecular formula is C15H22N2O2. The van der Waals surface area contributed by atoms with Crippen LogP contribution in [0.15, 0.2) is 24.3 Å². The van der Waals surface area contributed by atoms with Crippen LogP contribution < -0.4 is 10.6 Å². The third kappa shape index (κ3) is 3.96. The minimum absolute atomic E-state index is 0.118. The minimum Gasteiger partial charge on any atom is -0.396 e. The average molecular weight is 262 g/mol. The van der Waals surface area contributed by atoms with Gasteiger partial charge in [0.05, 0.1) is 0 Å². The van der Waals surface area contributed by atoms with Crippen LogP contribution in [0.2, 0.25) is 0 Å². The van der Waals surface area contributed by atoms with Crippen molar-refractivity contribution in [3.8, 4) is 0 Å². The zero-order valence-electron chi connectivity index (χ0n) is 11.2. The van der Waals surface area contributed by atoms with Crippen LogP contribution in [0.4, 0.5) is 5.69 Å². The number of carbonyl (C=O) groups excluding carboxylic acids is 1. The summed E-state index contributed by atoms with van der Waals surface area (Å²) in [6, 6.07) is 8.18. The first-order valence-electron chi connectivity index (χ1n) is 7.01. The molecule has 0 aromatic heterocycles. The molecule has 1 aliphatic heterocycles. The van der Waals surface area contributed by atoms with Crippen LogP contribution in [0, 0.1) is 0 Å². The first-order chi connectivity index (χ1) is 9.31. The molecule has 0 bridgehead atoms. The summed E-state index contributed by atoms with van der Waals surface area (Å²) in [5.74, 6) is 0.404. The maximum absolute atomic E-state index is 11.9. The van der Waals surface area contributed by atoms with Gasteiger partial charge < -0.3 is 15.7 Å². The molecule has 0 aliphatic carbocycles.